The molecule has 0 saturated heterocycles. The molecular formula is C4H10I2Si2. The summed E-state index contributed by atoms with van der Waals surface area (Å²) in [6.45, 7) is 0. The maximum absolute atomic E-state index is 2.63. The number of hydrogen-bond donors (Lipinski definition) is 0. The standard InChI is InChI=1S/C4H10I2Si2/c5-3(7)1-4(6,8)2-3/h1-2H2,7-8H3. The van der Waals surface area contributed by atoms with Crippen LogP contribution in [0.2, 0.25) is 0 Å². The van der Waals surface area contributed by atoms with Gasteiger partial charge in [0.1, 0.15) is 0 Å². The highest BCUT2D eigenvalue weighted by Gasteiger charge is 2.44. The zero-order valence-electron chi connectivity index (χ0n) is 5.17. The summed E-state index contributed by atoms with van der Waals surface area (Å²) in [6.07, 6.45) is 3.00. The van der Waals surface area contributed by atoms with Gasteiger partial charge in [0.05, 0.1) is 0 Å². The minimum absolute atomic E-state index is 0.792. The van der Waals surface area contributed by atoms with Gasteiger partial charge in [0.25, 0.3) is 0 Å². The predicted octanol–water partition coefficient (Wildman–Crippen LogP) is -0.226. The highest BCUT2D eigenvalue weighted by Crippen LogP contribution is 2.49. The Morgan fingerprint density at radius 1 is 1.00 bits per heavy atom. The molecule has 1 aliphatic carbocycles. The van der Waals surface area contributed by atoms with Gasteiger partial charge < -0.3 is 0 Å². The zero-order valence-corrected chi connectivity index (χ0v) is 13.5. The summed E-state index contributed by atoms with van der Waals surface area (Å²) < 4.78 is 1.58. The number of alkyl halides is 2. The lowest BCUT2D eigenvalue weighted by molar-refractivity contribution is 0.486. The van der Waals surface area contributed by atoms with Gasteiger partial charge in [-0.15, -0.1) is 0 Å². The van der Waals surface area contributed by atoms with Gasteiger partial charge in [0.2, 0.25) is 0 Å². The molecule has 0 nitrogen and oxygen atoms in total. The van der Waals surface area contributed by atoms with Gasteiger partial charge >= 0.3 is 0 Å². The molecule has 8 heavy (non-hydrogen) atoms. The Morgan fingerprint density at radius 3 is 1.25 bits per heavy atom. The summed E-state index contributed by atoms with van der Waals surface area (Å²) in [5.74, 6) is 0. The van der Waals surface area contributed by atoms with Gasteiger partial charge in [-0.2, -0.15) is 0 Å². The molecule has 0 heterocycles. The summed E-state index contributed by atoms with van der Waals surface area (Å²) in [6, 6.07) is 0. The van der Waals surface area contributed by atoms with Gasteiger partial charge in [-0.05, 0) is 12.8 Å². The molecule has 48 valence electrons. The molecule has 1 aliphatic rings. The Labute approximate surface area is 83.7 Å². The van der Waals surface area contributed by atoms with Crippen LogP contribution in [0.4, 0.5) is 0 Å². The third-order valence-electron chi connectivity index (χ3n) is 1.47. The van der Waals surface area contributed by atoms with E-state index in [-0.39, 0.29) is 0 Å². The van der Waals surface area contributed by atoms with Gasteiger partial charge in [-0.25, -0.2) is 0 Å². The molecule has 0 radical (unpaired) electrons. The molecule has 1 saturated carbocycles. The summed E-state index contributed by atoms with van der Waals surface area (Å²) in [7, 11) is 2.78. The molecular weight excluding hydrogens is 358 g/mol. The van der Waals surface area contributed by atoms with Crippen molar-refractivity contribution in [3.05, 3.63) is 0 Å². The molecule has 0 aliphatic heterocycles. The molecule has 0 N–H and O–H groups in total. The number of halogens is 2. The molecule has 0 aromatic rings. The van der Waals surface area contributed by atoms with Crippen molar-refractivity contribution in [3.63, 3.8) is 0 Å². The molecule has 1 fully saturated rings. The highest BCUT2D eigenvalue weighted by molar-refractivity contribution is 14.1. The van der Waals surface area contributed by atoms with Crippen LogP contribution in [-0.2, 0) is 0 Å². The third-order valence-corrected chi connectivity index (χ3v) is 4.41. The van der Waals surface area contributed by atoms with E-state index < -0.39 is 0 Å². The zero-order chi connectivity index (χ0) is 6.41. The van der Waals surface area contributed by atoms with Crippen LogP contribution >= 0.6 is 45.2 Å². The fourth-order valence-corrected chi connectivity index (χ4v) is 13.7. The number of rotatable bonds is 0. The van der Waals surface area contributed by atoms with Crippen molar-refractivity contribution in [3.8, 4) is 0 Å². The average molecular weight is 368 g/mol. The van der Waals surface area contributed by atoms with Gasteiger partial charge in [-0.3, -0.25) is 0 Å². The summed E-state index contributed by atoms with van der Waals surface area (Å²) in [5.41, 5.74) is 0. The second-order valence-corrected chi connectivity index (χ2v) is 16.3. The smallest absolute Gasteiger partial charge is 0.0231 e. The van der Waals surface area contributed by atoms with Crippen LogP contribution in [0.15, 0.2) is 0 Å². The lowest BCUT2D eigenvalue weighted by atomic mass is 9.98. The molecule has 0 bridgehead atoms. The Kier molecular flexibility index (Phi) is 2.19. The first kappa shape index (κ1) is 7.99. The lowest BCUT2D eigenvalue weighted by Crippen LogP contribution is -2.49. The third kappa shape index (κ3) is 1.94. The normalized spacial score (nSPS) is 56.2. The fourth-order valence-electron chi connectivity index (χ4n) is 1.49. The van der Waals surface area contributed by atoms with E-state index in [2.05, 4.69) is 45.2 Å². The number of hydrogen-bond acceptors (Lipinski definition) is 0. The van der Waals surface area contributed by atoms with Gasteiger partial charge in [0, 0.05) is 26.6 Å². The predicted molar refractivity (Wildman–Crippen MR) is 62.6 cm³/mol. The molecule has 0 aromatic carbocycles. The van der Waals surface area contributed by atoms with Crippen LogP contribution in [-0.4, -0.2) is 26.6 Å². The monoisotopic (exact) mass is 368 g/mol. The van der Waals surface area contributed by atoms with Crippen LogP contribution in [0.1, 0.15) is 12.8 Å². The fraction of sp³-hybridized carbons (Fsp3) is 1.00. The lowest BCUT2D eigenvalue weighted by Gasteiger charge is -2.46. The summed E-state index contributed by atoms with van der Waals surface area (Å²) in [5, 5.41) is 0. The Morgan fingerprint density at radius 2 is 1.25 bits per heavy atom. The topological polar surface area (TPSA) is 0 Å². The molecule has 4 heteroatoms. The second kappa shape index (κ2) is 2.19. The van der Waals surface area contributed by atoms with E-state index in [4.69, 9.17) is 0 Å². The van der Waals surface area contributed by atoms with E-state index in [1.165, 1.54) is 33.3 Å². The average Bonchev–Trinajstić information content (AvgIpc) is 1.20. The largest absolute Gasteiger partial charge is 0.0834 e. The highest BCUT2D eigenvalue weighted by atomic mass is 127. The van der Waals surface area contributed by atoms with Crippen LogP contribution in [0.5, 0.6) is 0 Å². The van der Waals surface area contributed by atoms with E-state index in [0.29, 0.717) is 0 Å². The van der Waals surface area contributed by atoms with Gasteiger partial charge in [0.15, 0.2) is 0 Å². The quantitative estimate of drug-likeness (QED) is 0.315. The molecule has 0 spiro atoms. The molecule has 0 atom stereocenters. The van der Waals surface area contributed by atoms with Crippen molar-refractivity contribution in [1.29, 1.82) is 0 Å². The molecule has 0 unspecified atom stereocenters. The molecule has 0 aromatic heterocycles. The second-order valence-electron chi connectivity index (χ2n) is 3.18. The van der Waals surface area contributed by atoms with Crippen LogP contribution in [0.25, 0.3) is 0 Å². The minimum Gasteiger partial charge on any atom is -0.0834 e. The summed E-state index contributed by atoms with van der Waals surface area (Å²) in [4.78, 5) is 0. The Balaban J connectivity index is 2.42. The van der Waals surface area contributed by atoms with E-state index >= 15 is 0 Å². The van der Waals surface area contributed by atoms with Crippen molar-refractivity contribution in [2.45, 2.75) is 18.9 Å². The maximum Gasteiger partial charge on any atom is 0.0231 e. The van der Waals surface area contributed by atoms with Gasteiger partial charge in [-0.1, -0.05) is 45.2 Å². The molecule has 0 amide bonds. The van der Waals surface area contributed by atoms with Crippen molar-refractivity contribution >= 4 is 65.7 Å². The Hall–Kier alpha value is 1.89. The van der Waals surface area contributed by atoms with E-state index in [1.807, 2.05) is 0 Å². The van der Waals surface area contributed by atoms with Crippen molar-refractivity contribution in [1.82, 2.24) is 0 Å². The minimum atomic E-state index is 0.792. The Bertz CT molecular complexity index is 88.6. The van der Waals surface area contributed by atoms with E-state index in [0.717, 1.165) is 6.09 Å². The first-order valence-corrected chi connectivity index (χ1v) is 6.95. The van der Waals surface area contributed by atoms with Crippen LogP contribution < -0.4 is 0 Å². The molecule has 1 rings (SSSR count). The van der Waals surface area contributed by atoms with Crippen LogP contribution in [0, 0.1) is 0 Å². The maximum atomic E-state index is 2.63. The van der Waals surface area contributed by atoms with E-state index in [1.54, 1.807) is 0 Å². The van der Waals surface area contributed by atoms with Crippen molar-refractivity contribution in [2.75, 3.05) is 0 Å². The van der Waals surface area contributed by atoms with Crippen molar-refractivity contribution < 1.29 is 0 Å². The summed E-state index contributed by atoms with van der Waals surface area (Å²) >= 11 is 5.26. The van der Waals surface area contributed by atoms with Crippen LogP contribution in [0.3, 0.4) is 0 Å². The first-order valence-electron chi connectivity index (χ1n) is 2.79. The van der Waals surface area contributed by atoms with Crippen molar-refractivity contribution in [2.24, 2.45) is 0 Å². The first-order chi connectivity index (χ1) is 3.41. The SMILES string of the molecule is [SiH3]C1(I)CC([SiH3])(I)C1. The van der Waals surface area contributed by atoms with E-state index in [9.17, 15) is 0 Å².